The first-order chi connectivity index (χ1) is 13.3. The second-order valence-electron chi connectivity index (χ2n) is 9.15. The molecule has 3 aliphatic rings. The van der Waals surface area contributed by atoms with Gasteiger partial charge in [-0.15, -0.1) is 0 Å². The summed E-state index contributed by atoms with van der Waals surface area (Å²) in [7, 11) is 0. The fraction of sp³-hybridized carbons (Fsp3) is 1.00. The molecule has 4 heteroatoms. The first-order valence-electron chi connectivity index (χ1n) is 11.7. The minimum Gasteiger partial charge on any atom is -0.352 e. The molecule has 0 radical (unpaired) electrons. The standard InChI is InChI=1S/C23H42O4/c1-3-5-7-18-8-11-21(12-9-18)23-26-16-20(17-27-23)10-13-22-24-14-19(6-4-2)15-25-22/h18-23H,3-17H2,1-2H3/t18-,19-,20-,21-,22-,23-. The molecule has 0 bridgehead atoms. The summed E-state index contributed by atoms with van der Waals surface area (Å²) >= 11 is 0. The van der Waals surface area contributed by atoms with Crippen LogP contribution in [0, 0.1) is 23.7 Å². The maximum atomic E-state index is 6.13. The molecule has 3 fully saturated rings. The third kappa shape index (κ3) is 6.99. The van der Waals surface area contributed by atoms with E-state index in [1.54, 1.807) is 0 Å². The first kappa shape index (κ1) is 21.5. The molecule has 0 N–H and O–H groups in total. The van der Waals surface area contributed by atoms with Crippen LogP contribution >= 0.6 is 0 Å². The Morgan fingerprint density at radius 1 is 0.593 bits per heavy atom. The Bertz CT molecular complexity index is 378. The van der Waals surface area contributed by atoms with E-state index in [9.17, 15) is 0 Å². The monoisotopic (exact) mass is 382 g/mol. The van der Waals surface area contributed by atoms with Gasteiger partial charge >= 0.3 is 0 Å². The van der Waals surface area contributed by atoms with E-state index in [1.165, 1.54) is 57.8 Å². The lowest BCUT2D eigenvalue weighted by atomic mass is 9.79. The van der Waals surface area contributed by atoms with E-state index < -0.39 is 0 Å². The highest BCUT2D eigenvalue weighted by molar-refractivity contribution is 4.77. The van der Waals surface area contributed by atoms with Gasteiger partial charge in [-0.2, -0.15) is 0 Å². The lowest BCUT2D eigenvalue weighted by Crippen LogP contribution is -2.39. The van der Waals surface area contributed by atoms with Crippen LogP contribution < -0.4 is 0 Å². The van der Waals surface area contributed by atoms with Crippen molar-refractivity contribution in [2.24, 2.45) is 23.7 Å². The van der Waals surface area contributed by atoms with E-state index in [0.29, 0.717) is 17.8 Å². The molecule has 2 saturated heterocycles. The van der Waals surface area contributed by atoms with Crippen LogP contribution in [-0.4, -0.2) is 39.0 Å². The van der Waals surface area contributed by atoms with E-state index in [-0.39, 0.29) is 12.6 Å². The lowest BCUT2D eigenvalue weighted by Gasteiger charge is -2.38. The van der Waals surface area contributed by atoms with E-state index in [1.807, 2.05) is 0 Å². The summed E-state index contributed by atoms with van der Waals surface area (Å²) in [5, 5.41) is 0. The van der Waals surface area contributed by atoms with E-state index in [0.717, 1.165) is 45.2 Å². The average Bonchev–Trinajstić information content (AvgIpc) is 2.73. The van der Waals surface area contributed by atoms with E-state index in [4.69, 9.17) is 18.9 Å². The molecule has 3 rings (SSSR count). The van der Waals surface area contributed by atoms with Crippen LogP contribution in [-0.2, 0) is 18.9 Å². The predicted octanol–water partition coefficient (Wildman–Crippen LogP) is 5.54. The zero-order valence-corrected chi connectivity index (χ0v) is 17.7. The highest BCUT2D eigenvalue weighted by Gasteiger charge is 2.32. The highest BCUT2D eigenvalue weighted by Crippen LogP contribution is 2.36. The van der Waals surface area contributed by atoms with Crippen LogP contribution in [0.15, 0.2) is 0 Å². The molecule has 0 aromatic carbocycles. The van der Waals surface area contributed by atoms with E-state index in [2.05, 4.69) is 13.8 Å². The van der Waals surface area contributed by atoms with Crippen molar-refractivity contribution in [1.82, 2.24) is 0 Å². The van der Waals surface area contributed by atoms with Gasteiger partial charge in [0.25, 0.3) is 0 Å². The average molecular weight is 383 g/mol. The molecular weight excluding hydrogens is 340 g/mol. The van der Waals surface area contributed by atoms with Gasteiger partial charge in [-0.1, -0.05) is 39.5 Å². The van der Waals surface area contributed by atoms with Crippen molar-refractivity contribution in [3.8, 4) is 0 Å². The van der Waals surface area contributed by atoms with Gasteiger partial charge in [-0.3, -0.25) is 0 Å². The molecule has 1 aliphatic carbocycles. The number of hydrogen-bond donors (Lipinski definition) is 0. The Balaban J connectivity index is 1.26. The summed E-state index contributed by atoms with van der Waals surface area (Å²) in [6, 6.07) is 0. The van der Waals surface area contributed by atoms with Gasteiger partial charge in [0, 0.05) is 17.8 Å². The summed E-state index contributed by atoms with van der Waals surface area (Å²) in [5.74, 6) is 2.64. The van der Waals surface area contributed by atoms with Crippen molar-refractivity contribution in [2.75, 3.05) is 26.4 Å². The smallest absolute Gasteiger partial charge is 0.160 e. The van der Waals surface area contributed by atoms with Crippen molar-refractivity contribution >= 4 is 0 Å². The molecule has 0 aromatic rings. The topological polar surface area (TPSA) is 36.9 Å². The van der Waals surface area contributed by atoms with Crippen molar-refractivity contribution in [3.05, 3.63) is 0 Å². The normalized spacial score (nSPS) is 38.0. The molecule has 1 saturated carbocycles. The SMILES string of the molecule is CCCC[C@H]1CC[C@H]([C@H]2OC[C@H](CC[C@H]3OC[C@H](CCC)CO3)CO2)CC1. The number of rotatable bonds is 9. The minimum absolute atomic E-state index is 0.0192. The summed E-state index contributed by atoms with van der Waals surface area (Å²) in [6.07, 6.45) is 13.9. The van der Waals surface area contributed by atoms with Crippen molar-refractivity contribution < 1.29 is 18.9 Å². The lowest BCUT2D eigenvalue weighted by molar-refractivity contribution is -0.236. The molecule has 2 heterocycles. The van der Waals surface area contributed by atoms with Gasteiger partial charge in [0.15, 0.2) is 12.6 Å². The van der Waals surface area contributed by atoms with Crippen LogP contribution in [0.1, 0.15) is 84.5 Å². The Kier molecular flexibility index (Phi) is 9.37. The van der Waals surface area contributed by atoms with Crippen LogP contribution in [0.2, 0.25) is 0 Å². The quantitative estimate of drug-likeness (QED) is 0.524. The van der Waals surface area contributed by atoms with Gasteiger partial charge in [0.05, 0.1) is 26.4 Å². The predicted molar refractivity (Wildman–Crippen MR) is 107 cm³/mol. The first-order valence-corrected chi connectivity index (χ1v) is 11.7. The van der Waals surface area contributed by atoms with Crippen molar-refractivity contribution in [3.63, 3.8) is 0 Å². The van der Waals surface area contributed by atoms with E-state index >= 15 is 0 Å². The zero-order chi connectivity index (χ0) is 18.9. The zero-order valence-electron chi connectivity index (χ0n) is 17.7. The van der Waals surface area contributed by atoms with Crippen molar-refractivity contribution in [1.29, 1.82) is 0 Å². The number of ether oxygens (including phenoxy) is 4. The summed E-state index contributed by atoms with van der Waals surface area (Å²) < 4.78 is 24.0. The van der Waals surface area contributed by atoms with Gasteiger partial charge in [-0.05, 0) is 50.9 Å². The Labute approximate surface area is 166 Å². The van der Waals surface area contributed by atoms with Crippen molar-refractivity contribution in [2.45, 2.75) is 97.1 Å². The second-order valence-corrected chi connectivity index (χ2v) is 9.15. The Hall–Kier alpha value is -0.160. The molecular formula is C23H42O4. The molecule has 0 amide bonds. The van der Waals surface area contributed by atoms with Gasteiger partial charge in [0.1, 0.15) is 0 Å². The van der Waals surface area contributed by atoms with Crippen LogP contribution in [0.25, 0.3) is 0 Å². The van der Waals surface area contributed by atoms with Gasteiger partial charge in [-0.25, -0.2) is 0 Å². The Morgan fingerprint density at radius 3 is 1.85 bits per heavy atom. The summed E-state index contributed by atoms with van der Waals surface area (Å²) in [4.78, 5) is 0. The number of hydrogen-bond acceptors (Lipinski definition) is 4. The third-order valence-electron chi connectivity index (χ3n) is 6.78. The molecule has 2 aliphatic heterocycles. The van der Waals surface area contributed by atoms with Crippen LogP contribution in [0.5, 0.6) is 0 Å². The molecule has 0 aromatic heterocycles. The maximum Gasteiger partial charge on any atom is 0.160 e. The molecule has 0 atom stereocenters. The maximum absolute atomic E-state index is 6.13. The second kappa shape index (κ2) is 11.7. The number of unbranched alkanes of at least 4 members (excludes halogenated alkanes) is 1. The fourth-order valence-electron chi connectivity index (χ4n) is 4.94. The van der Waals surface area contributed by atoms with Gasteiger partial charge < -0.3 is 18.9 Å². The minimum atomic E-state index is -0.0192. The Morgan fingerprint density at radius 2 is 1.22 bits per heavy atom. The fourth-order valence-corrected chi connectivity index (χ4v) is 4.94. The van der Waals surface area contributed by atoms with Gasteiger partial charge in [0.2, 0.25) is 0 Å². The van der Waals surface area contributed by atoms with Crippen LogP contribution in [0.4, 0.5) is 0 Å². The molecule has 158 valence electrons. The molecule has 0 unspecified atom stereocenters. The molecule has 4 nitrogen and oxygen atoms in total. The summed E-state index contributed by atoms with van der Waals surface area (Å²) in [6.45, 7) is 7.91. The van der Waals surface area contributed by atoms with Crippen LogP contribution in [0.3, 0.4) is 0 Å². The molecule has 0 spiro atoms. The highest BCUT2D eigenvalue weighted by atomic mass is 16.7. The third-order valence-corrected chi connectivity index (χ3v) is 6.78. The largest absolute Gasteiger partial charge is 0.352 e. The molecule has 27 heavy (non-hydrogen) atoms. The summed E-state index contributed by atoms with van der Waals surface area (Å²) in [5.41, 5.74) is 0.